The molecule has 2 atom stereocenters. The van der Waals surface area contributed by atoms with Gasteiger partial charge in [0.1, 0.15) is 0 Å². The minimum Gasteiger partial charge on any atom is -0.481 e. The second-order valence-corrected chi connectivity index (χ2v) is 9.72. The molecule has 0 aliphatic carbocycles. The van der Waals surface area contributed by atoms with Crippen LogP contribution in [0, 0.1) is 6.92 Å². The van der Waals surface area contributed by atoms with Crippen molar-refractivity contribution in [3.05, 3.63) is 76.6 Å². The van der Waals surface area contributed by atoms with Crippen LogP contribution in [0.2, 0.25) is 5.02 Å². The van der Waals surface area contributed by atoms with Gasteiger partial charge in [0, 0.05) is 34.2 Å². The number of hydrogen-bond donors (Lipinski definition) is 4. The van der Waals surface area contributed by atoms with Crippen molar-refractivity contribution >= 4 is 29.2 Å². The zero-order chi connectivity index (χ0) is 26.4. The molecule has 0 bridgehead atoms. The van der Waals surface area contributed by atoms with Crippen LogP contribution in [-0.4, -0.2) is 44.0 Å². The van der Waals surface area contributed by atoms with Gasteiger partial charge in [-0.25, -0.2) is 0 Å². The van der Waals surface area contributed by atoms with Gasteiger partial charge in [-0.05, 0) is 55.5 Å². The van der Waals surface area contributed by atoms with Crippen LogP contribution >= 0.6 is 11.6 Å². The number of nitrogens with zero attached hydrogens (tertiary/aromatic N) is 1. The lowest BCUT2D eigenvalue weighted by atomic mass is 9.96. The van der Waals surface area contributed by atoms with Crippen LogP contribution in [0.3, 0.4) is 0 Å². The van der Waals surface area contributed by atoms with E-state index in [9.17, 15) is 19.8 Å². The molecule has 0 saturated heterocycles. The van der Waals surface area contributed by atoms with E-state index >= 15 is 0 Å². The summed E-state index contributed by atoms with van der Waals surface area (Å²) in [6, 6.07) is 16.6. The summed E-state index contributed by atoms with van der Waals surface area (Å²) < 4.78 is 2.04. The highest BCUT2D eigenvalue weighted by Crippen LogP contribution is 2.37. The third-order valence-corrected chi connectivity index (χ3v) is 6.39. The molecule has 0 spiro atoms. The van der Waals surface area contributed by atoms with E-state index in [1.165, 1.54) is 0 Å². The summed E-state index contributed by atoms with van der Waals surface area (Å²) in [5.74, 6) is -1.34. The van der Waals surface area contributed by atoms with Crippen molar-refractivity contribution in [1.82, 2.24) is 4.57 Å². The molecule has 36 heavy (non-hydrogen) atoms. The van der Waals surface area contributed by atoms with Crippen LogP contribution in [0.25, 0.3) is 11.1 Å². The molecule has 8 heteroatoms. The fraction of sp³-hybridized carbons (Fsp3) is 0.357. The molecule has 0 aliphatic heterocycles. The van der Waals surface area contributed by atoms with Crippen molar-refractivity contribution in [2.75, 3.05) is 5.32 Å². The first-order valence-corrected chi connectivity index (χ1v) is 12.4. The summed E-state index contributed by atoms with van der Waals surface area (Å²) in [5, 5.41) is 32.9. The number of aliphatic hydroxyl groups excluding tert-OH is 2. The molecule has 0 saturated carbocycles. The largest absolute Gasteiger partial charge is 0.481 e. The summed E-state index contributed by atoms with van der Waals surface area (Å²) in [6.45, 7) is 6.38. The van der Waals surface area contributed by atoms with Crippen molar-refractivity contribution in [1.29, 1.82) is 0 Å². The van der Waals surface area contributed by atoms with E-state index in [-0.39, 0.29) is 18.2 Å². The van der Waals surface area contributed by atoms with E-state index in [2.05, 4.69) is 5.32 Å². The molecule has 3 aromatic rings. The third-order valence-electron chi connectivity index (χ3n) is 6.14. The van der Waals surface area contributed by atoms with Gasteiger partial charge in [-0.2, -0.15) is 0 Å². The van der Waals surface area contributed by atoms with Crippen molar-refractivity contribution in [2.45, 2.75) is 64.7 Å². The summed E-state index contributed by atoms with van der Waals surface area (Å²) >= 11 is 6.12. The zero-order valence-electron chi connectivity index (χ0n) is 20.7. The summed E-state index contributed by atoms with van der Waals surface area (Å²) in [6.07, 6.45) is -2.16. The molecule has 1 heterocycles. The number of carbonyl (C=O) groups excluding carboxylic acids is 1. The molecule has 4 N–H and O–H groups in total. The maximum Gasteiger partial charge on any atom is 0.305 e. The lowest BCUT2D eigenvalue weighted by Gasteiger charge is -2.19. The minimum absolute atomic E-state index is 0.00369. The van der Waals surface area contributed by atoms with Crippen LogP contribution < -0.4 is 5.32 Å². The first kappa shape index (κ1) is 27.5. The van der Waals surface area contributed by atoms with E-state index in [4.69, 9.17) is 16.7 Å². The summed E-state index contributed by atoms with van der Waals surface area (Å²) in [5.41, 5.74) is 4.61. The van der Waals surface area contributed by atoms with Gasteiger partial charge >= 0.3 is 5.97 Å². The molecule has 1 amide bonds. The van der Waals surface area contributed by atoms with Gasteiger partial charge < -0.3 is 25.2 Å². The highest BCUT2D eigenvalue weighted by atomic mass is 35.5. The molecule has 0 fully saturated rings. The number of para-hydroxylation sites is 1. The first-order chi connectivity index (χ1) is 17.1. The number of halogens is 1. The third kappa shape index (κ3) is 6.75. The Morgan fingerprint density at radius 1 is 1.00 bits per heavy atom. The van der Waals surface area contributed by atoms with E-state index in [1.807, 2.05) is 67.8 Å². The van der Waals surface area contributed by atoms with Crippen LogP contribution in [0.4, 0.5) is 5.69 Å². The van der Waals surface area contributed by atoms with Gasteiger partial charge in [0.05, 0.1) is 24.2 Å². The Morgan fingerprint density at radius 3 is 2.22 bits per heavy atom. The molecule has 1 aromatic heterocycles. The zero-order valence-corrected chi connectivity index (χ0v) is 21.5. The monoisotopic (exact) mass is 512 g/mol. The fourth-order valence-corrected chi connectivity index (χ4v) is 4.68. The standard InChI is InChI=1S/C28H33ClN2O5/c1-17(2)27-26(28(36)30-21-7-5-4-6-8-21)25(19-9-11-20(29)12-10-19)18(3)31(27)14-13-22(32)15-23(33)16-24(34)35/h4-12,17,22-23,32-33H,13-16H2,1-3H3,(H,30,36)(H,34,35)/t22-,23-/m1/s1. The number of benzene rings is 2. The lowest BCUT2D eigenvalue weighted by Crippen LogP contribution is -2.22. The van der Waals surface area contributed by atoms with Gasteiger partial charge in [0.25, 0.3) is 5.91 Å². The average molecular weight is 513 g/mol. The Labute approximate surface area is 216 Å². The van der Waals surface area contributed by atoms with Crippen molar-refractivity contribution < 1.29 is 24.9 Å². The number of aliphatic hydroxyl groups is 2. The molecule has 7 nitrogen and oxygen atoms in total. The average Bonchev–Trinajstić information content (AvgIpc) is 3.10. The number of rotatable bonds is 11. The number of amides is 1. The first-order valence-electron chi connectivity index (χ1n) is 12.0. The minimum atomic E-state index is -1.12. The normalized spacial score (nSPS) is 13.0. The number of aliphatic carboxylic acids is 1. The summed E-state index contributed by atoms with van der Waals surface area (Å²) in [4.78, 5) is 24.5. The predicted molar refractivity (Wildman–Crippen MR) is 142 cm³/mol. The SMILES string of the molecule is Cc1c(-c2ccc(Cl)cc2)c(C(=O)Nc2ccccc2)c(C(C)C)n1CC[C@@H](O)C[C@@H](O)CC(=O)O. The van der Waals surface area contributed by atoms with Gasteiger partial charge in [-0.15, -0.1) is 0 Å². The number of carboxylic acids is 1. The highest BCUT2D eigenvalue weighted by molar-refractivity contribution is 6.30. The summed E-state index contributed by atoms with van der Waals surface area (Å²) in [7, 11) is 0. The van der Waals surface area contributed by atoms with E-state index in [1.54, 1.807) is 12.1 Å². The lowest BCUT2D eigenvalue weighted by molar-refractivity contribution is -0.139. The fourth-order valence-electron chi connectivity index (χ4n) is 4.56. The Balaban J connectivity index is 2.02. The Bertz CT molecular complexity index is 1190. The van der Waals surface area contributed by atoms with Gasteiger partial charge in [0.2, 0.25) is 0 Å². The predicted octanol–water partition coefficient (Wildman–Crippen LogP) is 5.47. The van der Waals surface area contributed by atoms with Crippen LogP contribution in [0.15, 0.2) is 54.6 Å². The van der Waals surface area contributed by atoms with Gasteiger partial charge in [-0.3, -0.25) is 9.59 Å². The quantitative estimate of drug-likeness (QED) is 0.272. The number of carboxylic acid groups (broad SMARTS) is 1. The number of hydrogen-bond acceptors (Lipinski definition) is 4. The van der Waals surface area contributed by atoms with E-state index in [0.29, 0.717) is 29.2 Å². The van der Waals surface area contributed by atoms with Crippen molar-refractivity contribution in [2.24, 2.45) is 0 Å². The maximum atomic E-state index is 13.7. The molecular formula is C28H33ClN2O5. The second-order valence-electron chi connectivity index (χ2n) is 9.28. The number of nitrogens with one attached hydrogen (secondary N) is 1. The molecular weight excluding hydrogens is 480 g/mol. The van der Waals surface area contributed by atoms with Crippen LogP contribution in [0.1, 0.15) is 60.8 Å². The number of aromatic nitrogens is 1. The number of anilines is 1. The topological polar surface area (TPSA) is 112 Å². The van der Waals surface area contributed by atoms with Gasteiger partial charge in [0.15, 0.2) is 0 Å². The number of carbonyl (C=O) groups is 2. The molecule has 2 aromatic carbocycles. The van der Waals surface area contributed by atoms with Crippen LogP contribution in [0.5, 0.6) is 0 Å². The highest BCUT2D eigenvalue weighted by Gasteiger charge is 2.28. The van der Waals surface area contributed by atoms with Crippen molar-refractivity contribution in [3.8, 4) is 11.1 Å². The van der Waals surface area contributed by atoms with Crippen LogP contribution in [-0.2, 0) is 11.3 Å². The Hall–Kier alpha value is -3.13. The van der Waals surface area contributed by atoms with E-state index < -0.39 is 24.6 Å². The molecule has 0 unspecified atom stereocenters. The molecule has 0 aliphatic rings. The molecule has 0 radical (unpaired) electrons. The van der Waals surface area contributed by atoms with Crippen molar-refractivity contribution in [3.63, 3.8) is 0 Å². The maximum absolute atomic E-state index is 13.7. The van der Waals surface area contributed by atoms with E-state index in [0.717, 1.165) is 22.5 Å². The Morgan fingerprint density at radius 2 is 1.64 bits per heavy atom. The molecule has 192 valence electrons. The Kier molecular flexibility index (Phi) is 9.31. The second kappa shape index (κ2) is 12.2. The smallest absolute Gasteiger partial charge is 0.305 e. The molecule has 3 rings (SSSR count). The van der Waals surface area contributed by atoms with Gasteiger partial charge in [-0.1, -0.05) is 55.8 Å².